The molecule has 0 radical (unpaired) electrons. The minimum atomic E-state index is -0.439. The Balaban J connectivity index is 0.000000154. The molecule has 0 saturated carbocycles. The van der Waals surface area contributed by atoms with Gasteiger partial charge in [-0.25, -0.2) is 0 Å². The van der Waals surface area contributed by atoms with Crippen LogP contribution in [0.15, 0.2) is 189 Å². The Morgan fingerprint density at radius 1 is 0.325 bits per heavy atom. The predicted octanol–water partition coefficient (Wildman–Crippen LogP) is 21.4. The van der Waals surface area contributed by atoms with Crippen LogP contribution in [0.1, 0.15) is 62.8 Å². The highest BCUT2D eigenvalue weighted by atomic mass is 127. The SMILES string of the molecule is C.CC1(C)OB(c2cc3c4ccccc4c(B4OC(C)(C)C(C)(C)O4)cc3c3ccccc23)OC1(C)C.Clc1ccc(-c2cc3c4ccccc4c(-c4ccc(Cl)cc4Br)cc3c3ccccc23)c(Br)c1.Clc1ccc(I)c(Br)c1. The summed E-state index contributed by atoms with van der Waals surface area (Å²) in [5.74, 6) is 0. The maximum Gasteiger partial charge on any atom is 0.495 e. The van der Waals surface area contributed by atoms with Crippen molar-refractivity contribution in [1.29, 1.82) is 0 Å². The van der Waals surface area contributed by atoms with Crippen molar-refractivity contribution in [2.75, 3.05) is 0 Å². The lowest BCUT2D eigenvalue weighted by Gasteiger charge is -2.32. The molecule has 4 nitrogen and oxygen atoms in total. The maximum absolute atomic E-state index is 6.51. The van der Waals surface area contributed by atoms with Gasteiger partial charge in [-0.05, 0) is 246 Å². The third-order valence-corrected chi connectivity index (χ3v) is 20.5. The molecular formula is C67H57B2Br3Cl3IO4. The van der Waals surface area contributed by atoms with Gasteiger partial charge in [0.25, 0.3) is 0 Å². The Hall–Kier alpha value is -4.01. The number of fused-ring (bicyclic) bond motifs is 10. The van der Waals surface area contributed by atoms with E-state index in [0.717, 1.165) is 51.3 Å². The Bertz CT molecular complexity index is 3970. The first-order valence-corrected chi connectivity index (χ1v) is 30.6. The molecule has 2 saturated heterocycles. The van der Waals surface area contributed by atoms with E-state index in [1.165, 1.54) is 68.6 Å². The van der Waals surface area contributed by atoms with E-state index in [4.69, 9.17) is 53.4 Å². The molecule has 2 fully saturated rings. The molecule has 0 bridgehead atoms. The molecule has 0 amide bonds. The zero-order valence-electron chi connectivity index (χ0n) is 44.7. The standard InChI is InChI=1S/C30H34B2O4.C30H16Br2Cl2.C6H3BrClI.CH4/c1-27(2)28(3,4)34-31(33-27)25-17-23-20-14-10-12-16-22(20)26(32-35-29(5,6)30(7,8)36-32)18-24(23)19-13-9-11-15-21(19)25;31-29-13-17(33)9-11-23(29)25-15-28-22-8-4-2-6-20(22)26(24-12-10-18(34)14-30(24)32)16-27(28)21-7-3-1-5-19(21)25;7-5-3-4(8)1-2-6(5)9;/h9-18H,1-8H3;1-16H;1-3H;1H4. The van der Waals surface area contributed by atoms with Crippen molar-refractivity contribution in [3.05, 3.63) is 208 Å². The normalized spacial score (nSPS) is 16.0. The number of benzene rings is 11. The van der Waals surface area contributed by atoms with Gasteiger partial charge in [0.1, 0.15) is 0 Å². The molecule has 0 unspecified atom stereocenters. The zero-order chi connectivity index (χ0) is 55.9. The van der Waals surface area contributed by atoms with Crippen LogP contribution in [0.2, 0.25) is 15.1 Å². The summed E-state index contributed by atoms with van der Waals surface area (Å²) in [6.45, 7) is 16.8. The zero-order valence-corrected chi connectivity index (χ0v) is 53.9. The van der Waals surface area contributed by atoms with Crippen LogP contribution < -0.4 is 10.9 Å². The second kappa shape index (κ2) is 22.9. The van der Waals surface area contributed by atoms with Crippen LogP contribution in [-0.4, -0.2) is 36.6 Å². The molecule has 2 heterocycles. The lowest BCUT2D eigenvalue weighted by Crippen LogP contribution is -2.41. The van der Waals surface area contributed by atoms with Gasteiger partial charge in [-0.15, -0.1) is 0 Å². The van der Waals surface area contributed by atoms with Crippen LogP contribution in [0, 0.1) is 3.57 Å². The minimum absolute atomic E-state index is 0. The van der Waals surface area contributed by atoms with E-state index >= 15 is 0 Å². The Morgan fingerprint density at radius 2 is 0.600 bits per heavy atom. The summed E-state index contributed by atoms with van der Waals surface area (Å²) < 4.78 is 30.2. The summed E-state index contributed by atoms with van der Waals surface area (Å²) in [5.41, 5.74) is 5.09. The fraction of sp³-hybridized carbons (Fsp3) is 0.194. The molecule has 11 aromatic rings. The lowest BCUT2D eigenvalue weighted by molar-refractivity contribution is 0.00578. The third-order valence-electron chi connectivity index (χ3n) is 16.2. The minimum Gasteiger partial charge on any atom is -0.399 e. The van der Waals surface area contributed by atoms with Crippen LogP contribution in [0.5, 0.6) is 0 Å². The molecule has 13 rings (SSSR count). The van der Waals surface area contributed by atoms with E-state index in [-0.39, 0.29) is 7.43 Å². The number of rotatable bonds is 4. The number of halogens is 7. The van der Waals surface area contributed by atoms with Crippen molar-refractivity contribution in [1.82, 2.24) is 0 Å². The van der Waals surface area contributed by atoms with Gasteiger partial charge in [-0.2, -0.15) is 0 Å². The predicted molar refractivity (Wildman–Crippen MR) is 364 cm³/mol. The topological polar surface area (TPSA) is 36.9 Å². The largest absolute Gasteiger partial charge is 0.495 e. The Kier molecular flexibility index (Phi) is 16.9. The van der Waals surface area contributed by atoms with E-state index in [0.29, 0.717) is 10.0 Å². The second-order valence-corrected chi connectivity index (χ2v) is 27.2. The second-order valence-electron chi connectivity index (χ2n) is 22.1. The molecule has 11 aromatic carbocycles. The Morgan fingerprint density at radius 3 is 0.912 bits per heavy atom. The highest BCUT2D eigenvalue weighted by Gasteiger charge is 2.53. The molecule has 404 valence electrons. The van der Waals surface area contributed by atoms with E-state index in [2.05, 4.69) is 259 Å². The van der Waals surface area contributed by atoms with Gasteiger partial charge in [0.15, 0.2) is 0 Å². The molecule has 13 heteroatoms. The van der Waals surface area contributed by atoms with E-state index in [1.54, 1.807) is 0 Å². The van der Waals surface area contributed by atoms with Crippen LogP contribution in [-0.2, 0) is 18.6 Å². The van der Waals surface area contributed by atoms with Crippen LogP contribution in [0.4, 0.5) is 0 Å². The highest BCUT2D eigenvalue weighted by molar-refractivity contribution is 14.1. The van der Waals surface area contributed by atoms with Gasteiger partial charge in [0, 0.05) is 32.1 Å². The molecule has 80 heavy (non-hydrogen) atoms. The average Bonchev–Trinajstić information content (AvgIpc) is 3.97. The summed E-state index contributed by atoms with van der Waals surface area (Å²) in [6, 6.07) is 61.1. The Labute approximate surface area is 524 Å². The molecule has 0 atom stereocenters. The third kappa shape index (κ3) is 11.0. The van der Waals surface area contributed by atoms with Gasteiger partial charge in [-0.3, -0.25) is 0 Å². The van der Waals surface area contributed by atoms with E-state index < -0.39 is 36.6 Å². The van der Waals surface area contributed by atoms with Crippen molar-refractivity contribution in [2.24, 2.45) is 0 Å². The first-order valence-electron chi connectivity index (χ1n) is 26.0. The van der Waals surface area contributed by atoms with E-state index in [1.807, 2.05) is 42.5 Å². The first kappa shape index (κ1) is 59.2. The van der Waals surface area contributed by atoms with Gasteiger partial charge in [0.05, 0.1) is 22.4 Å². The average molecular weight is 1420 g/mol. The highest BCUT2D eigenvalue weighted by Crippen LogP contribution is 2.46. The fourth-order valence-corrected chi connectivity index (χ4v) is 13.4. The molecule has 2 aliphatic rings. The van der Waals surface area contributed by atoms with Crippen LogP contribution in [0.25, 0.3) is 86.9 Å². The van der Waals surface area contributed by atoms with Gasteiger partial charge in [0.2, 0.25) is 0 Å². The molecule has 0 aliphatic carbocycles. The van der Waals surface area contributed by atoms with Crippen molar-refractivity contribution in [2.45, 2.75) is 85.2 Å². The van der Waals surface area contributed by atoms with Crippen molar-refractivity contribution >= 4 is 195 Å². The monoisotopic (exact) mass is 1420 g/mol. The van der Waals surface area contributed by atoms with Crippen LogP contribution in [0.3, 0.4) is 0 Å². The molecule has 0 spiro atoms. The van der Waals surface area contributed by atoms with Gasteiger partial charge in [-0.1, -0.05) is 195 Å². The maximum atomic E-state index is 6.51. The molecule has 0 N–H and O–H groups in total. The molecular weight excluding hydrogens is 1360 g/mol. The molecule has 2 aliphatic heterocycles. The van der Waals surface area contributed by atoms with Crippen molar-refractivity contribution < 1.29 is 18.6 Å². The summed E-state index contributed by atoms with van der Waals surface area (Å²) >= 11 is 31.3. The summed E-state index contributed by atoms with van der Waals surface area (Å²) in [4.78, 5) is 0. The van der Waals surface area contributed by atoms with Crippen LogP contribution >= 0.6 is 105 Å². The van der Waals surface area contributed by atoms with Crippen molar-refractivity contribution in [3.63, 3.8) is 0 Å². The first-order chi connectivity index (χ1) is 37.5. The van der Waals surface area contributed by atoms with Gasteiger partial charge >= 0.3 is 14.2 Å². The van der Waals surface area contributed by atoms with Gasteiger partial charge < -0.3 is 18.6 Å². The summed E-state index contributed by atoms with van der Waals surface area (Å²) in [7, 11) is -0.878. The lowest BCUT2D eigenvalue weighted by atomic mass is 9.71. The fourth-order valence-electron chi connectivity index (χ4n) is 10.6. The van der Waals surface area contributed by atoms with Crippen molar-refractivity contribution in [3.8, 4) is 22.3 Å². The number of hydrogen-bond acceptors (Lipinski definition) is 4. The summed E-state index contributed by atoms with van der Waals surface area (Å²) in [5, 5.41) is 16.4. The summed E-state index contributed by atoms with van der Waals surface area (Å²) in [6.07, 6.45) is 0. The quantitative estimate of drug-likeness (QED) is 0.0762. The smallest absolute Gasteiger partial charge is 0.399 e. The molecule has 0 aromatic heterocycles. The van der Waals surface area contributed by atoms with E-state index in [9.17, 15) is 0 Å². The number of hydrogen-bond donors (Lipinski definition) is 0.